The summed E-state index contributed by atoms with van der Waals surface area (Å²) < 4.78 is 11.5. The number of ether oxygens (including phenoxy) is 2. The normalized spacial score (nSPS) is 14.9. The van der Waals surface area contributed by atoms with Gasteiger partial charge in [0.1, 0.15) is 29.0 Å². The van der Waals surface area contributed by atoms with Crippen molar-refractivity contribution >= 4 is 17.4 Å². The molecule has 1 heterocycles. The lowest BCUT2D eigenvalue weighted by Gasteiger charge is -2.22. The van der Waals surface area contributed by atoms with Gasteiger partial charge in [-0.25, -0.2) is 0 Å². The Labute approximate surface area is 198 Å². The van der Waals surface area contributed by atoms with Gasteiger partial charge in [0.25, 0.3) is 0 Å². The fraction of sp³-hybridized carbons (Fsp3) is 0.222. The van der Waals surface area contributed by atoms with E-state index in [9.17, 15) is 15.2 Å². The van der Waals surface area contributed by atoms with Crippen LogP contribution in [0.4, 0.5) is 5.69 Å². The van der Waals surface area contributed by atoms with Gasteiger partial charge < -0.3 is 14.6 Å². The second kappa shape index (κ2) is 9.67. The lowest BCUT2D eigenvalue weighted by atomic mass is 9.97. The maximum atomic E-state index is 11.2. The van der Waals surface area contributed by atoms with Crippen LogP contribution >= 0.6 is 0 Å². The molecule has 7 heteroatoms. The number of nitrogens with zero attached hydrogens (tertiary/aromatic N) is 3. The summed E-state index contributed by atoms with van der Waals surface area (Å²) in [7, 11) is 1.66. The summed E-state index contributed by atoms with van der Waals surface area (Å²) in [5.74, 6) is 1.29. The van der Waals surface area contributed by atoms with Crippen LogP contribution in [0.1, 0.15) is 24.0 Å². The topological polar surface area (TPSA) is 95.2 Å². The molecule has 172 valence electrons. The maximum Gasteiger partial charge on any atom is 0.305 e. The number of hydrazone groups is 1. The largest absolute Gasteiger partial charge is 0.497 e. The molecule has 1 unspecified atom stereocenters. The van der Waals surface area contributed by atoms with Gasteiger partial charge in [0.2, 0.25) is 0 Å². The lowest BCUT2D eigenvalue weighted by Crippen LogP contribution is -2.28. The number of aryl methyl sites for hydroxylation is 2. The average Bonchev–Trinajstić information content (AvgIpc) is 3.24. The lowest BCUT2D eigenvalue weighted by molar-refractivity contribution is -0.137. The van der Waals surface area contributed by atoms with Crippen molar-refractivity contribution in [3.05, 3.63) is 71.8 Å². The minimum absolute atomic E-state index is 0.0922. The summed E-state index contributed by atoms with van der Waals surface area (Å²) in [6.07, 6.45) is 0.226. The molecule has 1 aliphatic heterocycles. The zero-order valence-corrected chi connectivity index (χ0v) is 19.3. The first-order valence-corrected chi connectivity index (χ1v) is 10.9. The maximum absolute atomic E-state index is 11.2. The minimum atomic E-state index is -0.924. The molecule has 3 aromatic carbocycles. The molecule has 0 bridgehead atoms. The van der Waals surface area contributed by atoms with Gasteiger partial charge >= 0.3 is 5.97 Å². The summed E-state index contributed by atoms with van der Waals surface area (Å²) in [5, 5.41) is 24.2. The third-order valence-electron chi connectivity index (χ3n) is 5.77. The molecule has 0 spiro atoms. The summed E-state index contributed by atoms with van der Waals surface area (Å²) >= 11 is 0. The summed E-state index contributed by atoms with van der Waals surface area (Å²) in [6.45, 7) is 4.05. The van der Waals surface area contributed by atoms with E-state index in [4.69, 9.17) is 9.47 Å². The Hall–Kier alpha value is -4.31. The van der Waals surface area contributed by atoms with Crippen LogP contribution in [0.25, 0.3) is 11.1 Å². The first-order valence-electron chi connectivity index (χ1n) is 10.9. The molecule has 7 nitrogen and oxygen atoms in total. The molecule has 0 fully saturated rings. The number of benzene rings is 3. The monoisotopic (exact) mass is 455 g/mol. The van der Waals surface area contributed by atoms with Crippen LogP contribution in [-0.4, -0.2) is 29.9 Å². The first-order chi connectivity index (χ1) is 16.4. The van der Waals surface area contributed by atoms with Gasteiger partial charge in [-0.15, -0.1) is 0 Å². The van der Waals surface area contributed by atoms with Gasteiger partial charge in [0, 0.05) is 6.42 Å². The number of carbonyl (C=O) groups is 1. The van der Waals surface area contributed by atoms with Crippen molar-refractivity contribution in [1.82, 2.24) is 0 Å². The highest BCUT2D eigenvalue weighted by Gasteiger charge is 2.29. The molecule has 1 N–H and O–H groups in total. The second-order valence-corrected chi connectivity index (χ2v) is 8.22. The fourth-order valence-electron chi connectivity index (χ4n) is 4.05. The van der Waals surface area contributed by atoms with Crippen LogP contribution in [0.2, 0.25) is 0 Å². The third-order valence-corrected chi connectivity index (χ3v) is 5.77. The van der Waals surface area contributed by atoms with Crippen molar-refractivity contribution in [2.24, 2.45) is 5.10 Å². The van der Waals surface area contributed by atoms with Gasteiger partial charge in [-0.3, -0.25) is 9.80 Å². The molecule has 1 atom stereocenters. The standard InChI is InChI=1S/C27H25N3O4/c1-17-12-26(18(2)11-25(17)19-5-4-6-24(13-19)33-3)34-23-9-7-21(8-10-23)30-22(15-27(31)32)14-20(16-28)29-30/h4-13,22H,14-15H2,1-3H3,(H,31,32). The van der Waals surface area contributed by atoms with Crippen LogP contribution in [-0.2, 0) is 4.79 Å². The molecule has 4 rings (SSSR count). The SMILES string of the molecule is COc1cccc(-c2cc(C)c(Oc3ccc(N4N=C(C#N)CC4CC(=O)O)cc3)cc2C)c1. The number of nitriles is 1. The molecule has 3 aromatic rings. The average molecular weight is 456 g/mol. The highest BCUT2D eigenvalue weighted by molar-refractivity contribution is 6.01. The predicted molar refractivity (Wildman–Crippen MR) is 131 cm³/mol. The molecule has 0 saturated carbocycles. The van der Waals surface area contributed by atoms with Gasteiger partial charge in [0.05, 0.1) is 25.3 Å². The molecule has 0 saturated heterocycles. The van der Waals surface area contributed by atoms with Gasteiger partial charge in [-0.05, 0) is 84.6 Å². The Kier molecular flexibility index (Phi) is 6.51. The Morgan fingerprint density at radius 3 is 2.56 bits per heavy atom. The molecule has 0 aliphatic carbocycles. The number of aliphatic carboxylic acids is 1. The zero-order chi connectivity index (χ0) is 24.2. The van der Waals surface area contributed by atoms with Crippen molar-refractivity contribution in [2.75, 3.05) is 12.1 Å². The van der Waals surface area contributed by atoms with Crippen molar-refractivity contribution in [3.8, 4) is 34.4 Å². The molecule has 34 heavy (non-hydrogen) atoms. The molecule has 0 radical (unpaired) electrons. The van der Waals surface area contributed by atoms with E-state index in [1.165, 1.54) is 0 Å². The molecule has 1 aliphatic rings. The first kappa shape index (κ1) is 22.9. The molecular weight excluding hydrogens is 430 g/mol. The highest BCUT2D eigenvalue weighted by Crippen LogP contribution is 2.35. The van der Waals surface area contributed by atoms with E-state index in [1.807, 2.05) is 68.4 Å². The highest BCUT2D eigenvalue weighted by atomic mass is 16.5. The van der Waals surface area contributed by atoms with Crippen LogP contribution in [0.3, 0.4) is 0 Å². The minimum Gasteiger partial charge on any atom is -0.497 e. The van der Waals surface area contributed by atoms with Crippen molar-refractivity contribution in [2.45, 2.75) is 32.7 Å². The Morgan fingerprint density at radius 1 is 1.12 bits per heavy atom. The van der Waals surface area contributed by atoms with Crippen molar-refractivity contribution in [3.63, 3.8) is 0 Å². The molecule has 0 amide bonds. The second-order valence-electron chi connectivity index (χ2n) is 8.22. The van der Waals surface area contributed by atoms with E-state index in [1.54, 1.807) is 12.1 Å². The Bertz CT molecular complexity index is 1290. The third kappa shape index (κ3) is 4.86. The van der Waals surface area contributed by atoms with Crippen molar-refractivity contribution in [1.29, 1.82) is 5.26 Å². The number of carboxylic acid groups (broad SMARTS) is 1. The summed E-state index contributed by atoms with van der Waals surface area (Å²) in [4.78, 5) is 11.2. The van der Waals surface area contributed by atoms with E-state index >= 15 is 0 Å². The number of rotatable bonds is 7. The van der Waals surface area contributed by atoms with Crippen LogP contribution in [0, 0.1) is 25.2 Å². The van der Waals surface area contributed by atoms with Gasteiger partial charge in [-0.1, -0.05) is 12.1 Å². The number of carboxylic acids is 1. The number of anilines is 1. The van der Waals surface area contributed by atoms with Crippen LogP contribution in [0.5, 0.6) is 17.2 Å². The zero-order valence-electron chi connectivity index (χ0n) is 19.3. The summed E-state index contributed by atoms with van der Waals surface area (Å²) in [6, 6.07) is 21.0. The van der Waals surface area contributed by atoms with E-state index in [-0.39, 0.29) is 12.5 Å². The molecule has 0 aromatic heterocycles. The Balaban J connectivity index is 1.54. The number of hydrogen-bond donors (Lipinski definition) is 1. The number of hydrogen-bond acceptors (Lipinski definition) is 6. The summed E-state index contributed by atoms with van der Waals surface area (Å²) in [5.41, 5.74) is 5.31. The van der Waals surface area contributed by atoms with E-state index in [0.717, 1.165) is 33.8 Å². The predicted octanol–water partition coefficient (Wildman–Crippen LogP) is 5.70. The van der Waals surface area contributed by atoms with Crippen molar-refractivity contribution < 1.29 is 19.4 Å². The van der Waals surface area contributed by atoms with Gasteiger partial charge in [-0.2, -0.15) is 10.4 Å². The van der Waals surface area contributed by atoms with Crippen LogP contribution in [0.15, 0.2) is 65.8 Å². The quantitative estimate of drug-likeness (QED) is 0.491. The fourth-order valence-corrected chi connectivity index (χ4v) is 4.05. The van der Waals surface area contributed by atoms with Crippen LogP contribution < -0.4 is 14.5 Å². The van der Waals surface area contributed by atoms with E-state index in [0.29, 0.717) is 23.6 Å². The van der Waals surface area contributed by atoms with E-state index < -0.39 is 5.97 Å². The number of methoxy groups -OCH3 is 1. The Morgan fingerprint density at radius 2 is 1.88 bits per heavy atom. The molecular formula is C27H25N3O4. The van der Waals surface area contributed by atoms with E-state index in [2.05, 4.69) is 17.2 Å². The smallest absolute Gasteiger partial charge is 0.305 e. The van der Waals surface area contributed by atoms with Gasteiger partial charge in [0.15, 0.2) is 0 Å².